The second kappa shape index (κ2) is 11.7. The number of hydrazone groups is 1. The predicted octanol–water partition coefficient (Wildman–Crippen LogP) is 3.32. The van der Waals surface area contributed by atoms with Gasteiger partial charge in [-0.05, 0) is 31.4 Å². The van der Waals surface area contributed by atoms with Gasteiger partial charge in [-0.3, -0.25) is 9.69 Å². The van der Waals surface area contributed by atoms with E-state index in [0.717, 1.165) is 18.0 Å². The molecule has 188 valence electrons. The molecule has 0 aliphatic carbocycles. The van der Waals surface area contributed by atoms with Crippen molar-refractivity contribution in [2.45, 2.75) is 32.4 Å². The van der Waals surface area contributed by atoms with Crippen LogP contribution in [-0.2, 0) is 9.53 Å². The van der Waals surface area contributed by atoms with Gasteiger partial charge in [0.25, 0.3) is 5.91 Å². The summed E-state index contributed by atoms with van der Waals surface area (Å²) in [7, 11) is 0. The molecule has 35 heavy (non-hydrogen) atoms. The van der Waals surface area contributed by atoms with Gasteiger partial charge in [0.05, 0.1) is 25.0 Å². The van der Waals surface area contributed by atoms with Crippen molar-refractivity contribution in [1.82, 2.24) is 20.1 Å². The maximum Gasteiger partial charge on any atom is 0.318 e. The highest BCUT2D eigenvalue weighted by atomic mass is 32.1. The molecule has 1 saturated heterocycles. The van der Waals surface area contributed by atoms with Crippen LogP contribution in [0.1, 0.15) is 36.8 Å². The van der Waals surface area contributed by atoms with Gasteiger partial charge in [-0.25, -0.2) is 14.2 Å². The summed E-state index contributed by atoms with van der Waals surface area (Å²) in [6.45, 7) is 7.66. The van der Waals surface area contributed by atoms with E-state index in [2.05, 4.69) is 15.3 Å². The van der Waals surface area contributed by atoms with Crippen LogP contribution in [0, 0.1) is 5.82 Å². The van der Waals surface area contributed by atoms with Crippen molar-refractivity contribution in [1.29, 1.82) is 0 Å². The average molecular weight is 502 g/mol. The average Bonchev–Trinajstić information content (AvgIpc) is 3.52. The quantitative estimate of drug-likeness (QED) is 0.602. The van der Waals surface area contributed by atoms with Crippen LogP contribution in [0.3, 0.4) is 0 Å². The SMILES string of the molecule is CC(C)NC(=O)N(CCN1CCOCC1)CC(=O)N1N=C(c2ccccc2F)C[C@H]1c1cccs1. The first-order chi connectivity index (χ1) is 16.9. The van der Waals surface area contributed by atoms with Crippen molar-refractivity contribution in [2.24, 2.45) is 5.10 Å². The Bertz CT molecular complexity index is 1040. The Morgan fingerprint density at radius 2 is 2.00 bits per heavy atom. The summed E-state index contributed by atoms with van der Waals surface area (Å²) in [4.78, 5) is 31.2. The number of urea groups is 1. The van der Waals surface area contributed by atoms with Crippen LogP contribution in [0.2, 0.25) is 0 Å². The number of nitrogens with one attached hydrogen (secondary N) is 1. The van der Waals surface area contributed by atoms with Crippen molar-refractivity contribution in [3.05, 3.63) is 58.0 Å². The molecular weight excluding hydrogens is 469 g/mol. The van der Waals surface area contributed by atoms with Crippen LogP contribution in [0.4, 0.5) is 9.18 Å². The molecule has 0 saturated carbocycles. The maximum absolute atomic E-state index is 14.5. The van der Waals surface area contributed by atoms with Crippen molar-refractivity contribution in [3.8, 4) is 0 Å². The van der Waals surface area contributed by atoms with E-state index in [9.17, 15) is 14.0 Å². The number of rotatable bonds is 8. The number of thiophene rings is 1. The lowest BCUT2D eigenvalue weighted by molar-refractivity contribution is -0.133. The minimum absolute atomic E-state index is 0.0557. The van der Waals surface area contributed by atoms with E-state index in [-0.39, 0.29) is 36.4 Å². The maximum atomic E-state index is 14.5. The minimum atomic E-state index is -0.367. The van der Waals surface area contributed by atoms with Crippen molar-refractivity contribution >= 4 is 29.0 Å². The number of hydrogen-bond acceptors (Lipinski definition) is 6. The monoisotopic (exact) mass is 501 g/mol. The molecule has 1 aromatic heterocycles. The van der Waals surface area contributed by atoms with Gasteiger partial charge < -0.3 is 15.0 Å². The highest BCUT2D eigenvalue weighted by molar-refractivity contribution is 7.10. The van der Waals surface area contributed by atoms with Gasteiger partial charge in [-0.15, -0.1) is 11.3 Å². The molecule has 1 fully saturated rings. The van der Waals surface area contributed by atoms with Gasteiger partial charge in [0, 0.05) is 49.1 Å². The molecule has 2 aliphatic rings. The van der Waals surface area contributed by atoms with Crippen molar-refractivity contribution < 1.29 is 18.7 Å². The summed E-state index contributed by atoms with van der Waals surface area (Å²) in [5.74, 6) is -0.662. The molecule has 0 spiro atoms. The highest BCUT2D eigenvalue weighted by Crippen LogP contribution is 2.35. The molecule has 0 unspecified atom stereocenters. The molecule has 0 radical (unpaired) electrons. The lowest BCUT2D eigenvalue weighted by atomic mass is 10.0. The molecular formula is C25H32FN5O3S. The molecule has 1 atom stereocenters. The van der Waals surface area contributed by atoms with Crippen LogP contribution in [0.25, 0.3) is 0 Å². The second-order valence-electron chi connectivity index (χ2n) is 8.98. The first kappa shape index (κ1) is 25.3. The Hall–Kier alpha value is -2.82. The van der Waals surface area contributed by atoms with E-state index in [1.54, 1.807) is 23.1 Å². The lowest BCUT2D eigenvalue weighted by Gasteiger charge is -2.31. The molecule has 3 heterocycles. The molecule has 4 rings (SSSR count). The van der Waals surface area contributed by atoms with E-state index in [4.69, 9.17) is 4.74 Å². The first-order valence-corrected chi connectivity index (χ1v) is 12.8. The standard InChI is InChI=1S/C25H32FN5O3S/c1-18(2)27-25(33)30(10-9-29-11-13-34-14-12-29)17-24(32)31-22(23-8-5-15-35-23)16-21(28-31)19-6-3-4-7-20(19)26/h3-8,15,18,22H,9-14,16-17H2,1-2H3,(H,27,33)/t22-/m0/s1. The molecule has 8 nitrogen and oxygen atoms in total. The van der Waals surface area contributed by atoms with E-state index in [0.29, 0.717) is 44.0 Å². The van der Waals surface area contributed by atoms with Crippen LogP contribution in [0.15, 0.2) is 46.9 Å². The summed E-state index contributed by atoms with van der Waals surface area (Å²) < 4.78 is 19.9. The first-order valence-electron chi connectivity index (χ1n) is 12.0. The fraction of sp³-hybridized carbons (Fsp3) is 0.480. The van der Waals surface area contributed by atoms with E-state index in [1.165, 1.54) is 22.4 Å². The van der Waals surface area contributed by atoms with Crippen molar-refractivity contribution in [2.75, 3.05) is 45.9 Å². The van der Waals surface area contributed by atoms with E-state index in [1.807, 2.05) is 31.4 Å². The number of benzene rings is 1. The number of morpholine rings is 1. The highest BCUT2D eigenvalue weighted by Gasteiger charge is 2.35. The Morgan fingerprint density at radius 3 is 2.69 bits per heavy atom. The largest absolute Gasteiger partial charge is 0.379 e. The van der Waals surface area contributed by atoms with Gasteiger partial charge in [0.1, 0.15) is 12.4 Å². The number of hydrogen-bond donors (Lipinski definition) is 1. The van der Waals surface area contributed by atoms with Gasteiger partial charge >= 0.3 is 6.03 Å². The molecule has 2 aliphatic heterocycles. The Balaban J connectivity index is 1.53. The van der Waals surface area contributed by atoms with Crippen LogP contribution < -0.4 is 5.32 Å². The van der Waals surface area contributed by atoms with Crippen LogP contribution in [0.5, 0.6) is 0 Å². The van der Waals surface area contributed by atoms with Crippen LogP contribution in [-0.4, -0.2) is 84.4 Å². The molecule has 10 heteroatoms. The zero-order chi connectivity index (χ0) is 24.8. The zero-order valence-electron chi connectivity index (χ0n) is 20.2. The third-order valence-electron chi connectivity index (χ3n) is 6.04. The van der Waals surface area contributed by atoms with Gasteiger partial charge in [-0.2, -0.15) is 5.10 Å². The number of nitrogens with zero attached hydrogens (tertiary/aromatic N) is 4. The molecule has 0 bridgehead atoms. The summed E-state index contributed by atoms with van der Waals surface area (Å²) >= 11 is 1.53. The third-order valence-corrected chi connectivity index (χ3v) is 7.01. The third kappa shape index (κ3) is 6.45. The summed E-state index contributed by atoms with van der Waals surface area (Å²) in [5.41, 5.74) is 0.924. The van der Waals surface area contributed by atoms with E-state index < -0.39 is 0 Å². The number of carbonyl (C=O) groups is 2. The molecule has 3 amide bonds. The number of halogens is 1. The number of carbonyl (C=O) groups excluding carboxylic acids is 2. The Kier molecular flexibility index (Phi) is 8.48. The topological polar surface area (TPSA) is 77.5 Å². The molecule has 1 N–H and O–H groups in total. The van der Waals surface area contributed by atoms with E-state index >= 15 is 0 Å². The summed E-state index contributed by atoms with van der Waals surface area (Å²) in [6, 6.07) is 9.68. The lowest BCUT2D eigenvalue weighted by Crippen LogP contribution is -2.50. The fourth-order valence-corrected chi connectivity index (χ4v) is 5.03. The second-order valence-corrected chi connectivity index (χ2v) is 9.96. The van der Waals surface area contributed by atoms with Gasteiger partial charge in [0.2, 0.25) is 0 Å². The van der Waals surface area contributed by atoms with Gasteiger partial charge in [-0.1, -0.05) is 24.3 Å². The Morgan fingerprint density at radius 1 is 1.23 bits per heavy atom. The fourth-order valence-electron chi connectivity index (χ4n) is 4.21. The summed E-state index contributed by atoms with van der Waals surface area (Å²) in [6.07, 6.45) is 0.416. The molecule has 2 aromatic rings. The van der Waals surface area contributed by atoms with Crippen LogP contribution >= 0.6 is 11.3 Å². The number of ether oxygens (including phenoxy) is 1. The zero-order valence-corrected chi connectivity index (χ0v) is 21.0. The smallest absolute Gasteiger partial charge is 0.318 e. The minimum Gasteiger partial charge on any atom is -0.379 e. The van der Waals surface area contributed by atoms with Gasteiger partial charge in [0.15, 0.2) is 0 Å². The predicted molar refractivity (Wildman–Crippen MR) is 134 cm³/mol. The summed E-state index contributed by atoms with van der Waals surface area (Å²) in [5, 5.41) is 10.8. The molecule has 1 aromatic carbocycles. The van der Waals surface area contributed by atoms with Crippen molar-refractivity contribution in [3.63, 3.8) is 0 Å². The number of amides is 3. The normalized spacial score (nSPS) is 18.6. The Labute approximate surface area is 209 Å².